The number of H-pyrrole nitrogens is 1. The highest BCUT2D eigenvalue weighted by Crippen LogP contribution is 2.38. The Kier molecular flexibility index (Phi) is 4.26. The van der Waals surface area contributed by atoms with Gasteiger partial charge in [-0.1, -0.05) is 0 Å². The lowest BCUT2D eigenvalue weighted by Crippen LogP contribution is -2.32. The Morgan fingerprint density at radius 2 is 2.04 bits per heavy atom. The van der Waals surface area contributed by atoms with E-state index in [9.17, 15) is 26.4 Å². The quantitative estimate of drug-likeness (QED) is 0.600. The summed E-state index contributed by atoms with van der Waals surface area (Å²) in [5.74, 6) is -1.19. The number of hydrogen-bond acceptors (Lipinski definition) is 5. The molecule has 0 aliphatic heterocycles. The van der Waals surface area contributed by atoms with E-state index in [1.54, 1.807) is 0 Å². The third kappa shape index (κ3) is 3.39. The molecular formula is C15H11BrF3N5O3S. The highest BCUT2D eigenvalue weighted by molar-refractivity contribution is 9.10. The average molecular weight is 478 g/mol. The van der Waals surface area contributed by atoms with Gasteiger partial charge in [-0.15, -0.1) is 0 Å². The highest BCUT2D eigenvalue weighted by Gasteiger charge is 2.39. The lowest BCUT2D eigenvalue weighted by molar-refractivity contribution is -0.141. The molecule has 1 fully saturated rings. The molecule has 3 aromatic heterocycles. The maximum absolute atomic E-state index is 13.0. The molecule has 0 aromatic carbocycles. The van der Waals surface area contributed by atoms with Crippen molar-refractivity contribution in [1.82, 2.24) is 24.5 Å². The fourth-order valence-corrected chi connectivity index (χ4v) is 4.15. The Bertz CT molecular complexity index is 1200. The fourth-order valence-electron chi connectivity index (χ4n) is 2.71. The number of amides is 1. The van der Waals surface area contributed by atoms with Crippen molar-refractivity contribution in [2.24, 2.45) is 0 Å². The summed E-state index contributed by atoms with van der Waals surface area (Å²) in [6.07, 6.45) is -1.01. The van der Waals surface area contributed by atoms with Crippen LogP contribution in [0.5, 0.6) is 0 Å². The van der Waals surface area contributed by atoms with Gasteiger partial charge in [-0.3, -0.25) is 9.48 Å². The molecule has 0 atom stereocenters. The molecule has 0 saturated heterocycles. The van der Waals surface area contributed by atoms with Crippen LogP contribution >= 0.6 is 15.9 Å². The van der Waals surface area contributed by atoms with Crippen molar-refractivity contribution in [2.45, 2.75) is 30.0 Å². The predicted molar refractivity (Wildman–Crippen MR) is 93.9 cm³/mol. The second-order valence-electron chi connectivity index (χ2n) is 6.23. The largest absolute Gasteiger partial charge is 0.435 e. The number of aromatic amines is 1. The van der Waals surface area contributed by atoms with Gasteiger partial charge in [-0.2, -0.15) is 18.3 Å². The number of carbonyl (C=O) groups excluding carboxylic acids is 1. The van der Waals surface area contributed by atoms with Gasteiger partial charge in [-0.05, 0) is 34.8 Å². The van der Waals surface area contributed by atoms with E-state index in [-0.39, 0.29) is 22.0 Å². The summed E-state index contributed by atoms with van der Waals surface area (Å²) >= 11 is 3.18. The molecule has 1 saturated carbocycles. The summed E-state index contributed by atoms with van der Waals surface area (Å²) in [5, 5.41) is 3.66. The SMILES string of the molecule is O=C(NS(=O)(=O)c1c[nH]c2ncc(Br)cc12)c1cc(C(F)(F)F)nn1C1CC1. The van der Waals surface area contributed by atoms with Gasteiger partial charge in [0.1, 0.15) is 16.2 Å². The molecule has 1 amide bonds. The zero-order chi connectivity index (χ0) is 20.3. The molecular weight excluding hydrogens is 467 g/mol. The molecule has 0 bridgehead atoms. The minimum Gasteiger partial charge on any atom is -0.345 e. The number of fused-ring (bicyclic) bond motifs is 1. The van der Waals surface area contributed by atoms with Gasteiger partial charge in [-0.25, -0.2) is 18.1 Å². The van der Waals surface area contributed by atoms with Gasteiger partial charge >= 0.3 is 6.18 Å². The molecule has 1 aliphatic carbocycles. The molecule has 2 N–H and O–H groups in total. The Labute approximate surface area is 164 Å². The predicted octanol–water partition coefficient (Wildman–Crippen LogP) is 2.99. The van der Waals surface area contributed by atoms with Crippen LogP contribution in [0, 0.1) is 0 Å². The first-order valence-electron chi connectivity index (χ1n) is 7.93. The maximum atomic E-state index is 13.0. The van der Waals surface area contributed by atoms with E-state index in [1.165, 1.54) is 12.3 Å². The molecule has 0 spiro atoms. The third-order valence-electron chi connectivity index (χ3n) is 4.13. The maximum Gasteiger partial charge on any atom is 0.435 e. The second kappa shape index (κ2) is 6.30. The van der Waals surface area contributed by atoms with Gasteiger partial charge in [0, 0.05) is 28.3 Å². The van der Waals surface area contributed by atoms with Crippen molar-refractivity contribution in [2.75, 3.05) is 0 Å². The Hall–Kier alpha value is -2.41. The van der Waals surface area contributed by atoms with Crippen molar-refractivity contribution in [1.29, 1.82) is 0 Å². The van der Waals surface area contributed by atoms with Crippen LogP contribution in [0.3, 0.4) is 0 Å². The molecule has 0 unspecified atom stereocenters. The average Bonchev–Trinajstić information content (AvgIpc) is 3.17. The number of pyridine rings is 1. The first-order chi connectivity index (χ1) is 13.1. The zero-order valence-corrected chi connectivity index (χ0v) is 16.2. The van der Waals surface area contributed by atoms with Gasteiger partial charge in [0.05, 0.1) is 6.04 Å². The number of hydrogen-bond donors (Lipinski definition) is 2. The van der Waals surface area contributed by atoms with Crippen LogP contribution in [0.2, 0.25) is 0 Å². The van der Waals surface area contributed by atoms with E-state index in [2.05, 4.69) is 31.0 Å². The van der Waals surface area contributed by atoms with Crippen LogP contribution in [0.25, 0.3) is 11.0 Å². The van der Waals surface area contributed by atoms with Crippen LogP contribution in [-0.4, -0.2) is 34.1 Å². The van der Waals surface area contributed by atoms with Crippen LogP contribution in [0.1, 0.15) is 35.1 Å². The minimum atomic E-state index is -4.75. The van der Waals surface area contributed by atoms with Crippen LogP contribution in [0.4, 0.5) is 13.2 Å². The standard InChI is InChI=1S/C15H11BrF3N5O3S/c16-7-3-9-11(6-21-13(9)20-5-7)28(26,27)23-14(25)10-4-12(15(17,18)19)22-24(10)8-1-2-8/h3-6,8H,1-2H2,(H,20,21)(H,23,25). The number of sulfonamides is 1. The van der Waals surface area contributed by atoms with Crippen molar-refractivity contribution in [3.63, 3.8) is 0 Å². The summed E-state index contributed by atoms with van der Waals surface area (Å²) in [4.78, 5) is 18.9. The number of rotatable bonds is 4. The Balaban J connectivity index is 1.69. The fraction of sp³-hybridized carbons (Fsp3) is 0.267. The smallest absolute Gasteiger partial charge is 0.345 e. The lowest BCUT2D eigenvalue weighted by atomic mass is 10.3. The molecule has 3 heterocycles. The topological polar surface area (TPSA) is 110 Å². The summed E-state index contributed by atoms with van der Waals surface area (Å²) in [6, 6.07) is 1.69. The molecule has 13 heteroatoms. The van der Waals surface area contributed by atoms with Crippen LogP contribution in [-0.2, 0) is 16.2 Å². The highest BCUT2D eigenvalue weighted by atomic mass is 79.9. The third-order valence-corrected chi connectivity index (χ3v) is 5.93. The monoisotopic (exact) mass is 477 g/mol. The van der Waals surface area contributed by atoms with Crippen molar-refractivity contribution < 1.29 is 26.4 Å². The number of nitrogens with zero attached hydrogens (tertiary/aromatic N) is 3. The van der Waals surface area contributed by atoms with E-state index < -0.39 is 33.5 Å². The van der Waals surface area contributed by atoms with E-state index >= 15 is 0 Å². The van der Waals surface area contributed by atoms with Gasteiger partial charge in [0.15, 0.2) is 5.69 Å². The van der Waals surface area contributed by atoms with Crippen molar-refractivity contribution in [3.05, 3.63) is 40.4 Å². The molecule has 1 aliphatic rings. The van der Waals surface area contributed by atoms with Crippen LogP contribution < -0.4 is 4.72 Å². The number of nitrogens with one attached hydrogen (secondary N) is 2. The van der Waals surface area contributed by atoms with E-state index in [4.69, 9.17) is 0 Å². The van der Waals surface area contributed by atoms with E-state index in [0.29, 0.717) is 23.4 Å². The lowest BCUT2D eigenvalue weighted by Gasteiger charge is -2.08. The Morgan fingerprint density at radius 1 is 1.32 bits per heavy atom. The molecule has 0 radical (unpaired) electrons. The number of aromatic nitrogens is 4. The molecule has 28 heavy (non-hydrogen) atoms. The summed E-state index contributed by atoms with van der Waals surface area (Å²) in [5.41, 5.74) is -1.43. The second-order valence-corrected chi connectivity index (χ2v) is 8.79. The number of alkyl halides is 3. The van der Waals surface area contributed by atoms with E-state index in [1.807, 2.05) is 4.72 Å². The summed E-state index contributed by atoms with van der Waals surface area (Å²) in [6.45, 7) is 0. The van der Waals surface area contributed by atoms with Gasteiger partial charge < -0.3 is 4.98 Å². The molecule has 4 rings (SSSR count). The molecule has 3 aromatic rings. The van der Waals surface area contributed by atoms with E-state index in [0.717, 1.165) is 10.9 Å². The first-order valence-corrected chi connectivity index (χ1v) is 10.2. The Morgan fingerprint density at radius 3 is 2.68 bits per heavy atom. The van der Waals surface area contributed by atoms with Gasteiger partial charge in [0.25, 0.3) is 15.9 Å². The van der Waals surface area contributed by atoms with Crippen molar-refractivity contribution in [3.8, 4) is 0 Å². The number of carbonyl (C=O) groups is 1. The summed E-state index contributed by atoms with van der Waals surface area (Å²) < 4.78 is 67.5. The summed E-state index contributed by atoms with van der Waals surface area (Å²) in [7, 11) is -4.37. The molecule has 8 nitrogen and oxygen atoms in total. The van der Waals surface area contributed by atoms with Gasteiger partial charge in [0.2, 0.25) is 0 Å². The number of halogens is 4. The zero-order valence-electron chi connectivity index (χ0n) is 13.8. The minimum absolute atomic E-state index is 0.223. The van der Waals surface area contributed by atoms with Crippen LogP contribution in [0.15, 0.2) is 33.9 Å². The van der Waals surface area contributed by atoms with Crippen molar-refractivity contribution >= 4 is 42.9 Å². The molecule has 148 valence electrons. The first kappa shape index (κ1) is 18.9. The normalized spacial score (nSPS) is 15.1.